The predicted octanol–water partition coefficient (Wildman–Crippen LogP) is 16.4. The molecule has 5 spiro atoms. The number of amides is 11. The van der Waals surface area contributed by atoms with E-state index in [1.54, 1.807) is 94.5 Å². The molecule has 9 aromatic rings. The van der Waals surface area contributed by atoms with Crippen molar-refractivity contribution in [1.82, 2.24) is 94.7 Å². The Hall–Kier alpha value is -12.2. The Morgan fingerprint density at radius 3 is 1.17 bits per heavy atom. The Kier molecular flexibility index (Phi) is 29.1. The summed E-state index contributed by atoms with van der Waals surface area (Å²) in [5, 5.41) is 17.3. The van der Waals surface area contributed by atoms with E-state index in [-0.39, 0.29) is 81.8 Å². The Morgan fingerprint density at radius 2 is 0.743 bits per heavy atom. The van der Waals surface area contributed by atoms with Crippen LogP contribution >= 0.6 is 11.3 Å². The molecule has 0 radical (unpaired) electrons. The lowest BCUT2D eigenvalue weighted by Gasteiger charge is -2.34. The monoisotopic (exact) mass is 1940 g/mol. The lowest BCUT2D eigenvalue weighted by atomic mass is 9.91. The van der Waals surface area contributed by atoms with Crippen LogP contribution in [0.3, 0.4) is 0 Å². The van der Waals surface area contributed by atoms with E-state index in [0.29, 0.717) is 103 Å². The maximum absolute atomic E-state index is 12.5. The van der Waals surface area contributed by atoms with Crippen LogP contribution in [-0.2, 0) is 36.8 Å². The second-order valence-electron chi connectivity index (χ2n) is 45.3. The zero-order valence-corrected chi connectivity index (χ0v) is 84.6. The molecule has 140 heavy (non-hydrogen) atoms. The maximum atomic E-state index is 12.5. The first-order chi connectivity index (χ1) is 66.3. The highest BCUT2D eigenvalue weighted by atomic mass is 32.1. The summed E-state index contributed by atoms with van der Waals surface area (Å²) < 4.78 is 37.5. The summed E-state index contributed by atoms with van der Waals surface area (Å²) >= 11 is 1.48. The van der Waals surface area contributed by atoms with Crippen molar-refractivity contribution in [2.24, 2.45) is 56.7 Å². The maximum Gasteiger partial charge on any atom is 0.410 e. The number of urea groups is 1. The van der Waals surface area contributed by atoms with Crippen molar-refractivity contribution in [1.29, 1.82) is 0 Å². The second kappa shape index (κ2) is 40.4. The molecule has 11 aliphatic rings. The molecule has 752 valence electrons. The number of fused-ring (bicyclic) bond motifs is 5. The SMILES string of the molecule is CC(C)(C)OC(=O)N1CCC2(CC1)CC2CNC(=O)N1Cc2ccncc2C1.CC(C)(C)OC(=O)N1CCC2(CC1)CC2CNC(=O)c1cc2ccncc2o1.CC(C)(C)OC(=O)N1CCC2(CC1)CC2CNC(=O)c1cc2ccncc2s1.CC(C)(C)OC(=O)N1CCC2(CC1)CC2CNC(=O)c1ccc2nccn2c1.CC(C)(C)OC(=O)N1CCC2(CC1)CC2CNC(=O)c1cnc2nccn2c1. The summed E-state index contributed by atoms with van der Waals surface area (Å²) in [5.74, 6) is 2.99. The number of hydrogen-bond acceptors (Lipinski definition) is 23. The van der Waals surface area contributed by atoms with Crippen molar-refractivity contribution in [3.8, 4) is 0 Å². The first-order valence-corrected chi connectivity index (χ1v) is 50.5. The molecule has 5 saturated carbocycles. The van der Waals surface area contributed by atoms with Crippen molar-refractivity contribution in [2.45, 2.75) is 241 Å². The van der Waals surface area contributed by atoms with Crippen LogP contribution in [0.25, 0.3) is 32.5 Å². The zero-order valence-electron chi connectivity index (χ0n) is 83.8. The van der Waals surface area contributed by atoms with Gasteiger partial charge in [-0.1, -0.05) is 0 Å². The van der Waals surface area contributed by atoms with E-state index in [0.717, 1.165) is 200 Å². The van der Waals surface area contributed by atoms with E-state index in [9.17, 15) is 47.9 Å². The number of nitrogens with one attached hydrogen (secondary N) is 5. The topological polar surface area (TPSA) is 396 Å². The average Bonchev–Trinajstić information content (AvgIpc) is 1.61. The van der Waals surface area contributed by atoms with Crippen molar-refractivity contribution in [3.05, 3.63) is 156 Å². The van der Waals surface area contributed by atoms with Crippen molar-refractivity contribution < 1.29 is 76.0 Å². The number of imidazole rings is 2. The van der Waals surface area contributed by atoms with E-state index in [2.05, 4.69) is 56.5 Å². The Balaban J connectivity index is 0.000000126. The number of thiophene rings is 1. The smallest absolute Gasteiger partial charge is 0.410 e. The van der Waals surface area contributed by atoms with E-state index >= 15 is 0 Å². The number of nitrogens with zero attached hydrogens (tertiary/aromatic N) is 14. The van der Waals surface area contributed by atoms with Crippen LogP contribution in [0.15, 0.2) is 127 Å². The largest absolute Gasteiger partial charge is 0.449 e. The quantitative estimate of drug-likeness (QED) is 0.0631. The molecule has 36 heteroatoms. The molecule has 10 fully saturated rings. The van der Waals surface area contributed by atoms with Crippen LogP contribution in [0, 0.1) is 56.7 Å². The highest BCUT2D eigenvalue weighted by Gasteiger charge is 2.60. The Bertz CT molecular complexity index is 5470. The Labute approximate surface area is 822 Å². The molecule has 9 aromatic heterocycles. The molecule has 6 aliphatic heterocycles. The lowest BCUT2D eigenvalue weighted by Crippen LogP contribution is -2.43. The summed E-state index contributed by atoms with van der Waals surface area (Å²) in [6.45, 7) is 40.3. The number of ether oxygens (including phenoxy) is 5. The molecular weight excluding hydrogens is 1800 g/mol. The number of likely N-dealkylation sites (tertiary alicyclic amines) is 5. The first kappa shape index (κ1) is 101. The molecule has 5 saturated heterocycles. The molecule has 5 N–H and O–H groups in total. The molecule has 15 heterocycles. The van der Waals surface area contributed by atoms with Gasteiger partial charge in [0.25, 0.3) is 23.6 Å². The third-order valence-corrected chi connectivity index (χ3v) is 30.7. The van der Waals surface area contributed by atoms with E-state index in [4.69, 9.17) is 28.1 Å². The van der Waals surface area contributed by atoms with Gasteiger partial charge in [-0.05, 0) is 316 Å². The zero-order chi connectivity index (χ0) is 99.7. The predicted molar refractivity (Wildman–Crippen MR) is 526 cm³/mol. The van der Waals surface area contributed by atoms with Gasteiger partial charge in [0.2, 0.25) is 5.78 Å². The number of carbonyl (C=O) groups excluding carboxylic acids is 10. The third kappa shape index (κ3) is 25.4. The highest BCUT2D eigenvalue weighted by molar-refractivity contribution is 7.20. The molecule has 5 aliphatic carbocycles. The molecule has 0 aromatic carbocycles. The standard InChI is InChI=1S/C21H30N4O3.C21H28N4O3.C21H27N3O4.C21H27N3O3S.C20H27N5O3/c1-20(2,3)28-19(27)24-8-5-21(6-9-24)10-17(21)12-23-18(26)25-13-15-4-7-22-11-16(15)14-25;1-20(2,3)28-19(27)24-9-6-21(7-10-24)12-16(21)13-23-18(26)15-4-5-17-22-8-11-25(17)14-15;1-20(2,3)28-19(26)24-8-5-21(6-9-24)11-15(21)12-23-18(25)16-10-14-4-7-22-13-17(14)27-16;1-20(2,3)27-19(26)24-8-5-21(6-9-24)11-15(21)12-23-18(25)16-10-14-4-7-22-13-17(14)28-16;1-19(2,3)28-18(27)24-7-4-20(5-8-24)10-15(20)12-22-16(26)14-11-23-17-21-6-9-25(17)13-14/h4,7,11,17H,5-6,8-10,12-14H2,1-3H3,(H,23,26);4-5,8,11,14,16H,6-7,9-10,12-13H2,1-3H3,(H,23,26);2*4,7,10,13,15H,5-6,8-9,11-12H2,1-3H3,(H,23,25);6,9,11,13,15H,4-5,7-8,10,12H2,1-3H3,(H,22,26). The third-order valence-electron chi connectivity index (χ3n) is 29.7. The summed E-state index contributed by atoms with van der Waals surface area (Å²) in [7, 11) is 0. The molecule has 11 amide bonds. The minimum atomic E-state index is -0.467. The second-order valence-corrected chi connectivity index (χ2v) is 46.4. The lowest BCUT2D eigenvalue weighted by molar-refractivity contribution is 0.0154. The van der Waals surface area contributed by atoms with Crippen molar-refractivity contribution >= 4 is 104 Å². The fourth-order valence-electron chi connectivity index (χ4n) is 20.9. The van der Waals surface area contributed by atoms with Gasteiger partial charge in [-0.25, -0.2) is 43.7 Å². The van der Waals surface area contributed by atoms with Gasteiger partial charge in [0.15, 0.2) is 11.3 Å². The molecule has 0 bridgehead atoms. The normalized spacial score (nSPS) is 21.3. The van der Waals surface area contributed by atoms with Crippen LogP contribution in [0.1, 0.15) is 252 Å². The number of rotatable bonds is 14. The summed E-state index contributed by atoms with van der Waals surface area (Å²) in [6, 6.07) is 13.1. The number of furan rings is 1. The number of pyridine rings is 4. The van der Waals surface area contributed by atoms with Crippen molar-refractivity contribution in [3.63, 3.8) is 0 Å². The summed E-state index contributed by atoms with van der Waals surface area (Å²) in [6.07, 6.45) is 36.8. The van der Waals surface area contributed by atoms with Crippen molar-refractivity contribution in [2.75, 3.05) is 98.2 Å². The summed E-state index contributed by atoms with van der Waals surface area (Å²) in [5.41, 5.74) is 4.00. The van der Waals surface area contributed by atoms with Crippen LogP contribution < -0.4 is 26.6 Å². The van der Waals surface area contributed by atoms with Crippen LogP contribution in [0.4, 0.5) is 28.8 Å². The van der Waals surface area contributed by atoms with E-state index < -0.39 is 28.0 Å². The fourth-order valence-corrected chi connectivity index (χ4v) is 21.8. The van der Waals surface area contributed by atoms with Gasteiger partial charge in [0, 0.05) is 191 Å². The number of hydrogen-bond donors (Lipinski definition) is 5. The molecule has 20 rings (SSSR count). The number of piperidine rings is 5. The van der Waals surface area contributed by atoms with Gasteiger partial charge in [-0.2, -0.15) is 0 Å². The summed E-state index contributed by atoms with van der Waals surface area (Å²) in [4.78, 5) is 160. The Morgan fingerprint density at radius 1 is 0.371 bits per heavy atom. The fraction of sp³-hybridized carbons (Fsp3) is 0.596. The van der Waals surface area contributed by atoms with Gasteiger partial charge < -0.3 is 88.5 Å². The molecule has 5 atom stereocenters. The highest BCUT2D eigenvalue weighted by Crippen LogP contribution is 2.63. The van der Waals surface area contributed by atoms with E-state index in [1.807, 2.05) is 171 Å². The minimum Gasteiger partial charge on any atom is -0.449 e. The van der Waals surface area contributed by atoms with Crippen LogP contribution in [-0.4, -0.2) is 254 Å². The molecule has 35 nitrogen and oxygen atoms in total. The van der Waals surface area contributed by atoms with Gasteiger partial charge in [-0.15, -0.1) is 11.3 Å². The van der Waals surface area contributed by atoms with Gasteiger partial charge in [-0.3, -0.25) is 38.5 Å². The van der Waals surface area contributed by atoms with Crippen LogP contribution in [0.2, 0.25) is 0 Å². The molecule has 5 unspecified atom stereocenters. The number of carbonyl (C=O) groups is 10. The van der Waals surface area contributed by atoms with Gasteiger partial charge in [0.1, 0.15) is 33.7 Å². The van der Waals surface area contributed by atoms with E-state index in [1.165, 1.54) is 16.9 Å². The van der Waals surface area contributed by atoms with Crippen LogP contribution in [0.5, 0.6) is 0 Å². The van der Waals surface area contributed by atoms with Gasteiger partial charge in [0.05, 0.1) is 26.9 Å². The first-order valence-electron chi connectivity index (χ1n) is 49.6. The van der Waals surface area contributed by atoms with Gasteiger partial charge >= 0.3 is 36.5 Å². The molecular formula is C104H139N19O16S. The average molecular weight is 1940 g/mol. The number of aromatic nitrogens is 8. The minimum absolute atomic E-state index is 0.00411.